The van der Waals surface area contributed by atoms with E-state index >= 15 is 0 Å². The van der Waals surface area contributed by atoms with E-state index in [-0.39, 0.29) is 24.5 Å². The van der Waals surface area contributed by atoms with Crippen LogP contribution in [0.25, 0.3) is 0 Å². The van der Waals surface area contributed by atoms with Gasteiger partial charge in [0.05, 0.1) is 5.75 Å². The van der Waals surface area contributed by atoms with Crippen LogP contribution in [0.1, 0.15) is 30.4 Å². The van der Waals surface area contributed by atoms with Gasteiger partial charge in [0.25, 0.3) is 0 Å². The molecule has 0 spiro atoms. The number of thioether (sulfide) groups is 1. The number of aliphatic hydroxyl groups is 1. The smallest absolute Gasteiger partial charge is 0.230 e. The summed E-state index contributed by atoms with van der Waals surface area (Å²) in [6.45, 7) is 2.25. The van der Waals surface area contributed by atoms with Gasteiger partial charge < -0.3 is 10.4 Å². The first-order valence-electron chi connectivity index (χ1n) is 7.22. The number of aryl methyl sites for hydroxylation is 1. The molecule has 2 rings (SSSR count). The molecule has 0 aliphatic heterocycles. The van der Waals surface area contributed by atoms with Crippen molar-refractivity contribution in [2.24, 2.45) is 5.92 Å². The number of rotatable bonds is 6. The summed E-state index contributed by atoms with van der Waals surface area (Å²) in [6.07, 6.45) is 3.13. The van der Waals surface area contributed by atoms with Gasteiger partial charge in [-0.1, -0.05) is 36.2 Å². The van der Waals surface area contributed by atoms with Crippen LogP contribution in [-0.4, -0.2) is 29.4 Å². The number of carbonyl (C=O) groups excluding carboxylic acids is 1. The standard InChI is InChI=1S/C16H23NO2S/c1-12-5-7-13(8-6-12)10-20-11-16(19)17-15-4-2-3-14(15)9-18/h5-8,14-15,18H,2-4,9-11H2,1H3,(H,17,19). The monoisotopic (exact) mass is 293 g/mol. The van der Waals surface area contributed by atoms with Gasteiger partial charge in [0, 0.05) is 24.3 Å². The maximum atomic E-state index is 11.9. The predicted molar refractivity (Wildman–Crippen MR) is 83.7 cm³/mol. The van der Waals surface area contributed by atoms with Gasteiger partial charge in [-0.2, -0.15) is 0 Å². The van der Waals surface area contributed by atoms with E-state index in [0.717, 1.165) is 25.0 Å². The minimum Gasteiger partial charge on any atom is -0.396 e. The Morgan fingerprint density at radius 2 is 2.10 bits per heavy atom. The van der Waals surface area contributed by atoms with Crippen LogP contribution in [0.2, 0.25) is 0 Å². The highest BCUT2D eigenvalue weighted by Gasteiger charge is 2.27. The summed E-state index contributed by atoms with van der Waals surface area (Å²) in [4.78, 5) is 11.9. The highest BCUT2D eigenvalue weighted by molar-refractivity contribution is 7.99. The van der Waals surface area contributed by atoms with E-state index in [9.17, 15) is 9.90 Å². The van der Waals surface area contributed by atoms with Crippen LogP contribution in [-0.2, 0) is 10.5 Å². The Kier molecular flexibility index (Phi) is 5.92. The Hall–Kier alpha value is -1.00. The SMILES string of the molecule is Cc1ccc(CSCC(=O)NC2CCCC2CO)cc1. The molecule has 20 heavy (non-hydrogen) atoms. The number of hydrogen-bond donors (Lipinski definition) is 2. The van der Waals surface area contributed by atoms with Crippen molar-refractivity contribution < 1.29 is 9.90 Å². The van der Waals surface area contributed by atoms with Gasteiger partial charge in [-0.05, 0) is 25.3 Å². The zero-order valence-electron chi connectivity index (χ0n) is 12.0. The molecule has 0 radical (unpaired) electrons. The van der Waals surface area contributed by atoms with Crippen molar-refractivity contribution in [3.63, 3.8) is 0 Å². The second kappa shape index (κ2) is 7.70. The first kappa shape index (κ1) is 15.4. The molecule has 2 unspecified atom stereocenters. The minimum absolute atomic E-state index is 0.0902. The van der Waals surface area contributed by atoms with Gasteiger partial charge in [-0.25, -0.2) is 0 Å². The van der Waals surface area contributed by atoms with E-state index in [4.69, 9.17) is 0 Å². The van der Waals surface area contributed by atoms with Crippen LogP contribution in [0.5, 0.6) is 0 Å². The molecule has 1 amide bonds. The first-order chi connectivity index (χ1) is 9.69. The number of hydrogen-bond acceptors (Lipinski definition) is 3. The molecule has 110 valence electrons. The van der Waals surface area contributed by atoms with Crippen molar-refractivity contribution in [3.05, 3.63) is 35.4 Å². The van der Waals surface area contributed by atoms with Crippen LogP contribution in [0.3, 0.4) is 0 Å². The fourth-order valence-electron chi connectivity index (χ4n) is 2.64. The Bertz CT molecular complexity index is 433. The highest BCUT2D eigenvalue weighted by Crippen LogP contribution is 2.25. The summed E-state index contributed by atoms with van der Waals surface area (Å²) in [7, 11) is 0. The van der Waals surface area contributed by atoms with E-state index in [2.05, 4.69) is 36.5 Å². The normalized spacial score (nSPS) is 21.9. The van der Waals surface area contributed by atoms with Crippen molar-refractivity contribution in [2.75, 3.05) is 12.4 Å². The molecule has 4 heteroatoms. The molecule has 1 aliphatic rings. The predicted octanol–water partition coefficient (Wildman–Crippen LogP) is 2.51. The van der Waals surface area contributed by atoms with E-state index in [1.807, 2.05) is 0 Å². The second-order valence-electron chi connectivity index (χ2n) is 5.53. The third kappa shape index (κ3) is 4.53. The molecule has 0 heterocycles. The van der Waals surface area contributed by atoms with Gasteiger partial charge in [0.2, 0.25) is 5.91 Å². The lowest BCUT2D eigenvalue weighted by Crippen LogP contribution is -2.39. The minimum atomic E-state index is 0.0902. The van der Waals surface area contributed by atoms with Crippen LogP contribution in [0.15, 0.2) is 24.3 Å². The Morgan fingerprint density at radius 1 is 1.35 bits per heavy atom. The molecule has 0 bridgehead atoms. The quantitative estimate of drug-likeness (QED) is 0.847. The lowest BCUT2D eigenvalue weighted by molar-refractivity contribution is -0.119. The number of amides is 1. The van der Waals surface area contributed by atoms with Crippen LogP contribution in [0, 0.1) is 12.8 Å². The summed E-state index contributed by atoms with van der Waals surface area (Å²) in [5.41, 5.74) is 2.51. The molecule has 0 saturated heterocycles. The van der Waals surface area contributed by atoms with Crippen LogP contribution in [0.4, 0.5) is 0 Å². The topological polar surface area (TPSA) is 49.3 Å². The van der Waals surface area contributed by atoms with Gasteiger partial charge in [0.1, 0.15) is 0 Å². The average Bonchev–Trinajstić information content (AvgIpc) is 2.88. The number of aliphatic hydroxyl groups excluding tert-OH is 1. The van der Waals surface area contributed by atoms with Crippen molar-refractivity contribution in [2.45, 2.75) is 38.0 Å². The Morgan fingerprint density at radius 3 is 2.80 bits per heavy atom. The maximum absolute atomic E-state index is 11.9. The molecule has 0 aromatic heterocycles. The molecule has 2 N–H and O–H groups in total. The molecule has 3 nitrogen and oxygen atoms in total. The molecule has 1 aromatic carbocycles. The van der Waals surface area contributed by atoms with Gasteiger partial charge in [-0.15, -0.1) is 11.8 Å². The number of benzene rings is 1. The molecule has 1 fully saturated rings. The highest BCUT2D eigenvalue weighted by atomic mass is 32.2. The summed E-state index contributed by atoms with van der Waals surface area (Å²) < 4.78 is 0. The maximum Gasteiger partial charge on any atom is 0.230 e. The summed E-state index contributed by atoms with van der Waals surface area (Å²) in [5.74, 6) is 1.69. The molecule has 2 atom stereocenters. The van der Waals surface area contributed by atoms with Crippen LogP contribution < -0.4 is 5.32 Å². The van der Waals surface area contributed by atoms with E-state index in [0.29, 0.717) is 5.75 Å². The third-order valence-corrected chi connectivity index (χ3v) is 4.87. The zero-order chi connectivity index (χ0) is 14.4. The van der Waals surface area contributed by atoms with Crippen molar-refractivity contribution in [1.29, 1.82) is 0 Å². The lowest BCUT2D eigenvalue weighted by atomic mass is 10.1. The second-order valence-corrected chi connectivity index (χ2v) is 6.51. The molecule has 1 aromatic rings. The molecular weight excluding hydrogens is 270 g/mol. The summed E-state index contributed by atoms with van der Waals surface area (Å²) in [5, 5.41) is 12.3. The fraction of sp³-hybridized carbons (Fsp3) is 0.562. The third-order valence-electron chi connectivity index (χ3n) is 3.86. The first-order valence-corrected chi connectivity index (χ1v) is 8.38. The zero-order valence-corrected chi connectivity index (χ0v) is 12.8. The lowest BCUT2D eigenvalue weighted by Gasteiger charge is -2.18. The largest absolute Gasteiger partial charge is 0.396 e. The van der Waals surface area contributed by atoms with Crippen molar-refractivity contribution in [1.82, 2.24) is 5.32 Å². The fourth-order valence-corrected chi connectivity index (χ4v) is 3.44. The van der Waals surface area contributed by atoms with E-state index in [1.165, 1.54) is 11.1 Å². The van der Waals surface area contributed by atoms with Gasteiger partial charge in [-0.3, -0.25) is 4.79 Å². The van der Waals surface area contributed by atoms with Crippen molar-refractivity contribution >= 4 is 17.7 Å². The van der Waals surface area contributed by atoms with Crippen LogP contribution >= 0.6 is 11.8 Å². The molecule has 1 aliphatic carbocycles. The van der Waals surface area contributed by atoms with Gasteiger partial charge in [0.15, 0.2) is 0 Å². The Balaban J connectivity index is 1.68. The number of carbonyl (C=O) groups is 1. The summed E-state index contributed by atoms with van der Waals surface area (Å²) in [6, 6.07) is 8.59. The van der Waals surface area contributed by atoms with Crippen molar-refractivity contribution in [3.8, 4) is 0 Å². The van der Waals surface area contributed by atoms with E-state index in [1.54, 1.807) is 11.8 Å². The van der Waals surface area contributed by atoms with Gasteiger partial charge >= 0.3 is 0 Å². The molecular formula is C16H23NO2S. The summed E-state index contributed by atoms with van der Waals surface area (Å²) >= 11 is 1.64. The van der Waals surface area contributed by atoms with E-state index < -0.39 is 0 Å². The number of nitrogens with one attached hydrogen (secondary N) is 1. The molecule has 1 saturated carbocycles. The average molecular weight is 293 g/mol. The Labute approximate surface area is 125 Å².